The maximum atomic E-state index is 12.3. The maximum absolute atomic E-state index is 12.3. The lowest BCUT2D eigenvalue weighted by Crippen LogP contribution is -2.37. The Morgan fingerprint density at radius 3 is 2.65 bits per heavy atom. The topological polar surface area (TPSA) is 49.4 Å². The van der Waals surface area contributed by atoms with E-state index in [1.165, 1.54) is 0 Å². The number of carbonyl (C=O) groups is 2. The van der Waals surface area contributed by atoms with Gasteiger partial charge in [-0.25, -0.2) is 0 Å². The summed E-state index contributed by atoms with van der Waals surface area (Å²) in [5, 5.41) is 2.94. The van der Waals surface area contributed by atoms with E-state index >= 15 is 0 Å². The molecule has 1 aliphatic heterocycles. The third-order valence-corrected chi connectivity index (χ3v) is 4.39. The highest BCUT2D eigenvalue weighted by Gasteiger charge is 2.31. The maximum Gasteiger partial charge on any atom is 0.251 e. The van der Waals surface area contributed by atoms with E-state index in [2.05, 4.69) is 21.2 Å². The highest BCUT2D eigenvalue weighted by Crippen LogP contribution is 2.22. The second kappa shape index (κ2) is 6.54. The molecule has 0 radical (unpaired) electrons. The van der Waals surface area contributed by atoms with Crippen LogP contribution in [0.15, 0.2) is 53.0 Å². The molecule has 1 N–H and O–H groups in total. The van der Waals surface area contributed by atoms with Gasteiger partial charge in [0, 0.05) is 28.7 Å². The minimum Gasteiger partial charge on any atom is -0.347 e. The van der Waals surface area contributed by atoms with Crippen molar-refractivity contribution in [2.24, 2.45) is 0 Å². The minimum atomic E-state index is -0.171. The van der Waals surface area contributed by atoms with Crippen molar-refractivity contribution in [1.82, 2.24) is 5.32 Å². The minimum absolute atomic E-state index is 0.0356. The van der Waals surface area contributed by atoms with Gasteiger partial charge in [-0.15, -0.1) is 0 Å². The second-order valence-corrected chi connectivity index (χ2v) is 6.64. The Morgan fingerprint density at radius 1 is 1.22 bits per heavy atom. The van der Waals surface area contributed by atoms with Crippen LogP contribution in [0.3, 0.4) is 0 Å². The molecule has 1 fully saturated rings. The van der Waals surface area contributed by atoms with E-state index in [0.717, 1.165) is 15.7 Å². The molecule has 1 unspecified atom stereocenters. The highest BCUT2D eigenvalue weighted by atomic mass is 79.9. The van der Waals surface area contributed by atoms with Crippen LogP contribution >= 0.6 is 15.9 Å². The zero-order chi connectivity index (χ0) is 16.4. The SMILES string of the molecule is Cc1ccc(N2CC(NC(=O)c3cccc(Br)c3)CC2=O)cc1. The van der Waals surface area contributed by atoms with Crippen molar-refractivity contribution in [2.45, 2.75) is 19.4 Å². The number of amides is 2. The van der Waals surface area contributed by atoms with Crippen molar-refractivity contribution in [3.63, 3.8) is 0 Å². The second-order valence-electron chi connectivity index (χ2n) is 5.72. The molecule has 0 bridgehead atoms. The van der Waals surface area contributed by atoms with Crippen LogP contribution in [0.5, 0.6) is 0 Å². The molecule has 4 nitrogen and oxygen atoms in total. The fourth-order valence-electron chi connectivity index (χ4n) is 2.68. The summed E-state index contributed by atoms with van der Waals surface area (Å²) < 4.78 is 0.855. The molecule has 0 spiro atoms. The van der Waals surface area contributed by atoms with Gasteiger partial charge in [-0.3, -0.25) is 9.59 Å². The van der Waals surface area contributed by atoms with E-state index in [1.54, 1.807) is 17.0 Å². The Morgan fingerprint density at radius 2 is 1.96 bits per heavy atom. The molecule has 1 atom stereocenters. The third-order valence-electron chi connectivity index (χ3n) is 3.89. The van der Waals surface area contributed by atoms with Gasteiger partial charge in [0.25, 0.3) is 5.91 Å². The quantitative estimate of drug-likeness (QED) is 0.898. The van der Waals surface area contributed by atoms with E-state index in [-0.39, 0.29) is 17.9 Å². The summed E-state index contributed by atoms with van der Waals surface area (Å²) in [7, 11) is 0. The van der Waals surface area contributed by atoms with Crippen LogP contribution in [0.25, 0.3) is 0 Å². The fraction of sp³-hybridized carbons (Fsp3) is 0.222. The van der Waals surface area contributed by atoms with E-state index in [9.17, 15) is 9.59 Å². The van der Waals surface area contributed by atoms with Crippen molar-refractivity contribution in [3.05, 3.63) is 64.1 Å². The van der Waals surface area contributed by atoms with Gasteiger partial charge in [-0.1, -0.05) is 39.7 Å². The van der Waals surface area contributed by atoms with Crippen LogP contribution < -0.4 is 10.2 Å². The van der Waals surface area contributed by atoms with E-state index in [0.29, 0.717) is 18.5 Å². The molecule has 23 heavy (non-hydrogen) atoms. The average Bonchev–Trinajstić information content (AvgIpc) is 2.88. The number of benzene rings is 2. The summed E-state index contributed by atoms with van der Waals surface area (Å²) in [5.41, 5.74) is 2.61. The van der Waals surface area contributed by atoms with Crippen LogP contribution in [0.4, 0.5) is 5.69 Å². The molecule has 1 aliphatic rings. The molecular weight excluding hydrogens is 356 g/mol. The Bertz CT molecular complexity index is 743. The smallest absolute Gasteiger partial charge is 0.251 e. The summed E-state index contributed by atoms with van der Waals surface area (Å²) in [6.07, 6.45) is 0.327. The molecule has 2 amide bonds. The normalized spacial score (nSPS) is 17.4. The van der Waals surface area contributed by atoms with E-state index in [1.807, 2.05) is 43.3 Å². The van der Waals surface area contributed by atoms with Gasteiger partial charge in [0.05, 0.1) is 6.04 Å². The molecule has 118 valence electrons. The first-order valence-corrected chi connectivity index (χ1v) is 8.26. The third kappa shape index (κ3) is 3.62. The van der Waals surface area contributed by atoms with Gasteiger partial charge in [0.2, 0.25) is 5.91 Å². The van der Waals surface area contributed by atoms with Gasteiger partial charge in [-0.2, -0.15) is 0 Å². The predicted octanol–water partition coefficient (Wildman–Crippen LogP) is 3.29. The van der Waals surface area contributed by atoms with Crippen molar-refractivity contribution >= 4 is 33.4 Å². The fourth-order valence-corrected chi connectivity index (χ4v) is 3.08. The van der Waals surface area contributed by atoms with Crippen LogP contribution in [0.1, 0.15) is 22.3 Å². The molecule has 2 aromatic carbocycles. The number of nitrogens with zero attached hydrogens (tertiary/aromatic N) is 1. The number of nitrogens with one attached hydrogen (secondary N) is 1. The largest absolute Gasteiger partial charge is 0.347 e. The number of hydrogen-bond acceptors (Lipinski definition) is 2. The van der Waals surface area contributed by atoms with Crippen LogP contribution in [0.2, 0.25) is 0 Å². The first kappa shape index (κ1) is 15.7. The van der Waals surface area contributed by atoms with Gasteiger partial charge >= 0.3 is 0 Å². The highest BCUT2D eigenvalue weighted by molar-refractivity contribution is 9.10. The molecular formula is C18H17BrN2O2. The molecule has 0 aromatic heterocycles. The van der Waals surface area contributed by atoms with E-state index in [4.69, 9.17) is 0 Å². The van der Waals surface area contributed by atoms with Gasteiger partial charge in [0.15, 0.2) is 0 Å². The van der Waals surface area contributed by atoms with Crippen molar-refractivity contribution in [3.8, 4) is 0 Å². The van der Waals surface area contributed by atoms with Crippen molar-refractivity contribution in [1.29, 1.82) is 0 Å². The number of hydrogen-bond donors (Lipinski definition) is 1. The van der Waals surface area contributed by atoms with Gasteiger partial charge in [-0.05, 0) is 37.3 Å². The zero-order valence-corrected chi connectivity index (χ0v) is 14.3. The Balaban J connectivity index is 1.68. The summed E-state index contributed by atoms with van der Waals surface area (Å²) in [4.78, 5) is 26.2. The van der Waals surface area contributed by atoms with Gasteiger partial charge in [0.1, 0.15) is 0 Å². The number of rotatable bonds is 3. The summed E-state index contributed by atoms with van der Waals surface area (Å²) in [5.74, 6) is -0.122. The lowest BCUT2D eigenvalue weighted by atomic mass is 10.2. The monoisotopic (exact) mass is 372 g/mol. The van der Waals surface area contributed by atoms with Crippen LogP contribution in [-0.4, -0.2) is 24.4 Å². The van der Waals surface area contributed by atoms with Crippen LogP contribution in [-0.2, 0) is 4.79 Å². The van der Waals surface area contributed by atoms with E-state index < -0.39 is 0 Å². The molecule has 5 heteroatoms. The zero-order valence-electron chi connectivity index (χ0n) is 12.8. The molecule has 2 aromatic rings. The number of halogens is 1. The average molecular weight is 373 g/mol. The first-order chi connectivity index (χ1) is 11.0. The molecule has 0 aliphatic carbocycles. The molecule has 1 heterocycles. The Kier molecular flexibility index (Phi) is 4.48. The number of anilines is 1. The van der Waals surface area contributed by atoms with Gasteiger partial charge < -0.3 is 10.2 Å². The molecule has 1 saturated heterocycles. The predicted molar refractivity (Wildman–Crippen MR) is 93.5 cm³/mol. The summed E-state index contributed by atoms with van der Waals surface area (Å²) in [6, 6.07) is 14.9. The Labute approximate surface area is 143 Å². The summed E-state index contributed by atoms with van der Waals surface area (Å²) >= 11 is 3.36. The van der Waals surface area contributed by atoms with Crippen molar-refractivity contribution in [2.75, 3.05) is 11.4 Å². The first-order valence-electron chi connectivity index (χ1n) is 7.46. The number of aryl methyl sites for hydroxylation is 1. The van der Waals surface area contributed by atoms with Crippen LogP contribution in [0, 0.1) is 6.92 Å². The summed E-state index contributed by atoms with van der Waals surface area (Å²) in [6.45, 7) is 2.51. The standard InChI is InChI=1S/C18H17BrN2O2/c1-12-5-7-16(8-6-12)21-11-15(10-17(21)22)20-18(23)13-3-2-4-14(19)9-13/h2-9,15H,10-11H2,1H3,(H,20,23). The molecule has 0 saturated carbocycles. The Hall–Kier alpha value is -2.14. The lowest BCUT2D eigenvalue weighted by Gasteiger charge is -2.17. The lowest BCUT2D eigenvalue weighted by molar-refractivity contribution is -0.117. The number of carbonyl (C=O) groups excluding carboxylic acids is 2. The van der Waals surface area contributed by atoms with Crippen molar-refractivity contribution < 1.29 is 9.59 Å². The molecule has 3 rings (SSSR count).